The van der Waals surface area contributed by atoms with Crippen LogP contribution in [0.4, 0.5) is 0 Å². The van der Waals surface area contributed by atoms with Crippen molar-refractivity contribution in [2.45, 2.75) is 0 Å². The maximum atomic E-state index is 12.3. The Morgan fingerprint density at radius 3 is 2.50 bits per heavy atom. The average molecular weight is 247 g/mol. The number of hydrogen-bond donors (Lipinski definition) is 2. The van der Waals surface area contributed by atoms with E-state index in [-0.39, 0.29) is 5.78 Å². The molecule has 96 valence electrons. The molecular formula is C13H19N4O+. The van der Waals surface area contributed by atoms with E-state index in [9.17, 15) is 4.79 Å². The maximum Gasteiger partial charge on any atom is 0.217 e. The highest BCUT2D eigenvalue weighted by Crippen LogP contribution is 2.15. The quantitative estimate of drug-likeness (QED) is 0.582. The van der Waals surface area contributed by atoms with E-state index in [4.69, 9.17) is 0 Å². The number of carbonyl (C=O) groups excluding carboxylic acids is 1. The van der Waals surface area contributed by atoms with Gasteiger partial charge >= 0.3 is 0 Å². The molecule has 0 radical (unpaired) electrons. The van der Waals surface area contributed by atoms with Crippen LogP contribution in [0.25, 0.3) is 0 Å². The van der Waals surface area contributed by atoms with Gasteiger partial charge in [0.25, 0.3) is 0 Å². The van der Waals surface area contributed by atoms with E-state index in [0.717, 1.165) is 43.4 Å². The van der Waals surface area contributed by atoms with Gasteiger partial charge in [0.2, 0.25) is 5.78 Å². The summed E-state index contributed by atoms with van der Waals surface area (Å²) in [5, 5.41) is 6.78. The van der Waals surface area contributed by atoms with Gasteiger partial charge in [-0.05, 0) is 0 Å². The number of nitrogens with zero attached hydrogens (tertiary/aromatic N) is 2. The standard InChI is InChI=1S/C13H19N4O/c18-13(12-4-2-1-3-5-12)6-17-9-14-7-16(11-17)8-15-10-17/h1-5,14-15H,6-11H2/q+1. The normalized spacial score (nSPS) is 31.0. The van der Waals surface area contributed by atoms with Gasteiger partial charge in [-0.1, -0.05) is 30.3 Å². The highest BCUT2D eigenvalue weighted by atomic mass is 16.1. The van der Waals surface area contributed by atoms with Crippen LogP contribution < -0.4 is 10.6 Å². The predicted octanol–water partition coefficient (Wildman–Crippen LogP) is -0.0180. The molecule has 2 aliphatic heterocycles. The van der Waals surface area contributed by atoms with Gasteiger partial charge in [0.05, 0.1) is 13.3 Å². The number of hydrogen-bond acceptors (Lipinski definition) is 4. The largest absolute Gasteiger partial charge is 0.288 e. The van der Waals surface area contributed by atoms with Crippen LogP contribution in [0.1, 0.15) is 10.4 Å². The van der Waals surface area contributed by atoms with Gasteiger partial charge in [-0.3, -0.25) is 19.9 Å². The van der Waals surface area contributed by atoms with Crippen LogP contribution in [-0.2, 0) is 0 Å². The van der Waals surface area contributed by atoms with Gasteiger partial charge in [-0.15, -0.1) is 0 Å². The Kier molecular flexibility index (Phi) is 3.13. The zero-order valence-electron chi connectivity index (χ0n) is 10.4. The van der Waals surface area contributed by atoms with E-state index in [2.05, 4.69) is 15.5 Å². The Morgan fingerprint density at radius 1 is 1.17 bits per heavy atom. The first-order valence-electron chi connectivity index (χ1n) is 6.35. The van der Waals surface area contributed by atoms with E-state index in [1.165, 1.54) is 0 Å². The molecule has 0 aliphatic carbocycles. The lowest BCUT2D eigenvalue weighted by molar-refractivity contribution is -0.946. The first-order valence-corrected chi connectivity index (χ1v) is 6.35. The van der Waals surface area contributed by atoms with Crippen molar-refractivity contribution in [3.05, 3.63) is 35.9 Å². The molecule has 18 heavy (non-hydrogen) atoms. The lowest BCUT2D eigenvalue weighted by Crippen LogP contribution is -2.73. The molecule has 2 fully saturated rings. The first-order chi connectivity index (χ1) is 8.77. The molecule has 0 unspecified atom stereocenters. The van der Waals surface area contributed by atoms with E-state index in [1.54, 1.807) is 0 Å². The summed E-state index contributed by atoms with van der Waals surface area (Å²) in [6, 6.07) is 9.57. The summed E-state index contributed by atoms with van der Waals surface area (Å²) < 4.78 is 0.772. The molecule has 0 spiro atoms. The van der Waals surface area contributed by atoms with Crippen molar-refractivity contribution >= 4 is 5.78 Å². The molecule has 2 aliphatic rings. The number of Topliss-reactive ketones (excluding diaryl/α,β-unsaturated/α-hetero) is 1. The molecule has 2 N–H and O–H groups in total. The fourth-order valence-corrected chi connectivity index (χ4v) is 2.81. The second-order valence-corrected chi connectivity index (χ2v) is 5.23. The Bertz CT molecular complexity index is 424. The highest BCUT2D eigenvalue weighted by Gasteiger charge is 2.38. The third kappa shape index (κ3) is 2.30. The zero-order chi connectivity index (χ0) is 12.4. The summed E-state index contributed by atoms with van der Waals surface area (Å²) in [4.78, 5) is 14.6. The van der Waals surface area contributed by atoms with E-state index < -0.39 is 0 Å². The summed E-state index contributed by atoms with van der Waals surface area (Å²) >= 11 is 0. The fraction of sp³-hybridized carbons (Fsp3) is 0.462. The van der Waals surface area contributed by atoms with Crippen LogP contribution in [0.5, 0.6) is 0 Å². The lowest BCUT2D eigenvalue weighted by atomic mass is 10.1. The molecular weight excluding hydrogens is 228 g/mol. The van der Waals surface area contributed by atoms with Crippen molar-refractivity contribution in [1.29, 1.82) is 0 Å². The molecule has 0 amide bonds. The van der Waals surface area contributed by atoms with Gasteiger partial charge in [-0.25, -0.2) is 4.90 Å². The average Bonchev–Trinajstić information content (AvgIpc) is 2.39. The fourth-order valence-electron chi connectivity index (χ4n) is 2.81. The number of carbonyl (C=O) groups is 1. The smallest absolute Gasteiger partial charge is 0.217 e. The van der Waals surface area contributed by atoms with Crippen LogP contribution >= 0.6 is 0 Å². The first kappa shape index (κ1) is 11.8. The minimum atomic E-state index is 0.225. The van der Waals surface area contributed by atoms with Crippen molar-refractivity contribution in [1.82, 2.24) is 15.5 Å². The van der Waals surface area contributed by atoms with E-state index >= 15 is 0 Å². The van der Waals surface area contributed by atoms with Crippen molar-refractivity contribution < 1.29 is 9.28 Å². The molecule has 3 rings (SSSR count). The molecule has 5 nitrogen and oxygen atoms in total. The topological polar surface area (TPSA) is 44.4 Å². The monoisotopic (exact) mass is 247 g/mol. The van der Waals surface area contributed by atoms with Crippen LogP contribution in [0.2, 0.25) is 0 Å². The Labute approximate surface area is 107 Å². The Hall–Kier alpha value is -1.27. The molecule has 5 heteroatoms. The van der Waals surface area contributed by atoms with Crippen LogP contribution in [-0.4, -0.2) is 55.1 Å². The van der Waals surface area contributed by atoms with Crippen molar-refractivity contribution in [3.63, 3.8) is 0 Å². The van der Waals surface area contributed by atoms with Crippen LogP contribution in [0, 0.1) is 0 Å². The van der Waals surface area contributed by atoms with Gasteiger partial charge in [0.1, 0.15) is 26.6 Å². The minimum absolute atomic E-state index is 0.225. The number of fused-ring (bicyclic) bond motifs is 2. The Morgan fingerprint density at radius 2 is 1.83 bits per heavy atom. The second kappa shape index (κ2) is 4.78. The van der Waals surface area contributed by atoms with Crippen molar-refractivity contribution in [3.8, 4) is 0 Å². The van der Waals surface area contributed by atoms with Gasteiger partial charge in [-0.2, -0.15) is 0 Å². The number of benzene rings is 1. The van der Waals surface area contributed by atoms with E-state index in [1.807, 2.05) is 30.3 Å². The number of ketones is 1. The number of rotatable bonds is 3. The third-order valence-electron chi connectivity index (χ3n) is 3.64. The van der Waals surface area contributed by atoms with E-state index in [0.29, 0.717) is 6.54 Å². The molecule has 0 atom stereocenters. The highest BCUT2D eigenvalue weighted by molar-refractivity contribution is 5.96. The predicted molar refractivity (Wildman–Crippen MR) is 68.3 cm³/mol. The number of quaternary nitrogens is 1. The van der Waals surface area contributed by atoms with Crippen molar-refractivity contribution in [2.75, 3.05) is 39.9 Å². The van der Waals surface area contributed by atoms with Crippen LogP contribution in [0.15, 0.2) is 30.3 Å². The van der Waals surface area contributed by atoms with Gasteiger partial charge in [0, 0.05) is 5.56 Å². The van der Waals surface area contributed by atoms with Crippen molar-refractivity contribution in [2.24, 2.45) is 0 Å². The van der Waals surface area contributed by atoms with Crippen LogP contribution in [0.3, 0.4) is 0 Å². The summed E-state index contributed by atoms with van der Waals surface area (Å²) in [6.45, 7) is 5.06. The molecule has 0 aromatic heterocycles. The summed E-state index contributed by atoms with van der Waals surface area (Å²) in [5.41, 5.74) is 0.813. The maximum absolute atomic E-state index is 12.3. The molecule has 2 saturated heterocycles. The summed E-state index contributed by atoms with van der Waals surface area (Å²) in [6.07, 6.45) is 0. The van der Waals surface area contributed by atoms with Gasteiger partial charge < -0.3 is 0 Å². The molecule has 1 aromatic rings. The molecule has 2 heterocycles. The molecule has 2 bridgehead atoms. The zero-order valence-corrected chi connectivity index (χ0v) is 10.4. The number of nitrogens with one attached hydrogen (secondary N) is 2. The lowest BCUT2D eigenvalue weighted by Gasteiger charge is -2.49. The summed E-state index contributed by atoms with van der Waals surface area (Å²) in [5.74, 6) is 0.225. The Balaban J connectivity index is 1.73. The molecule has 0 saturated carbocycles. The second-order valence-electron chi connectivity index (χ2n) is 5.23. The minimum Gasteiger partial charge on any atom is -0.288 e. The summed E-state index contributed by atoms with van der Waals surface area (Å²) in [7, 11) is 0. The van der Waals surface area contributed by atoms with Gasteiger partial charge in [0.15, 0.2) is 0 Å². The molecule has 1 aromatic carbocycles. The SMILES string of the molecule is O=C(C[N+]12CNCN(CNC1)C2)c1ccccc1. The third-order valence-corrected chi connectivity index (χ3v) is 3.64.